The van der Waals surface area contributed by atoms with E-state index in [1.807, 2.05) is 0 Å². The van der Waals surface area contributed by atoms with Gasteiger partial charge in [-0.1, -0.05) is 6.42 Å². The summed E-state index contributed by atoms with van der Waals surface area (Å²) in [6, 6.07) is -0.847. The van der Waals surface area contributed by atoms with E-state index in [1.54, 1.807) is 20.8 Å². The van der Waals surface area contributed by atoms with Crippen LogP contribution in [0.1, 0.15) is 40.0 Å². The molecule has 1 heterocycles. The van der Waals surface area contributed by atoms with Gasteiger partial charge in [0.15, 0.2) is 0 Å². The lowest BCUT2D eigenvalue weighted by Gasteiger charge is -2.26. The third-order valence-corrected chi connectivity index (χ3v) is 4.09. The molecular formula is C14H22N2O4. The van der Waals surface area contributed by atoms with Crippen LogP contribution >= 0.6 is 0 Å². The molecule has 0 bridgehead atoms. The number of carboxylic acid groups (broad SMARTS) is 1. The Balaban J connectivity index is 2.13. The Kier molecular flexibility index (Phi) is 3.75. The Labute approximate surface area is 118 Å². The Hall–Kier alpha value is -1.59. The minimum Gasteiger partial charge on any atom is -0.480 e. The van der Waals surface area contributed by atoms with Crippen LogP contribution in [-0.4, -0.2) is 45.9 Å². The SMILES string of the molecule is CC(C)(C)NC(=O)C(=O)N1CC2CCCC2[C@H]1C(=O)O. The van der Waals surface area contributed by atoms with Gasteiger partial charge >= 0.3 is 17.8 Å². The highest BCUT2D eigenvalue weighted by Crippen LogP contribution is 2.42. The summed E-state index contributed by atoms with van der Waals surface area (Å²) in [5.74, 6) is -2.22. The molecule has 1 aliphatic heterocycles. The van der Waals surface area contributed by atoms with Gasteiger partial charge in [-0.3, -0.25) is 9.59 Å². The molecule has 2 fully saturated rings. The highest BCUT2D eigenvalue weighted by molar-refractivity contribution is 6.35. The van der Waals surface area contributed by atoms with Gasteiger partial charge in [-0.2, -0.15) is 0 Å². The molecule has 6 nitrogen and oxygen atoms in total. The number of hydrogen-bond acceptors (Lipinski definition) is 3. The number of likely N-dealkylation sites (tertiary alicyclic amines) is 1. The quantitative estimate of drug-likeness (QED) is 0.690. The minimum absolute atomic E-state index is 0.00103. The third-order valence-electron chi connectivity index (χ3n) is 4.09. The van der Waals surface area contributed by atoms with Gasteiger partial charge in [0.1, 0.15) is 6.04 Å². The maximum atomic E-state index is 12.2. The predicted octanol–water partition coefficient (Wildman–Crippen LogP) is 0.613. The van der Waals surface area contributed by atoms with Crippen LogP contribution in [0.3, 0.4) is 0 Å². The maximum Gasteiger partial charge on any atom is 0.326 e. The Morgan fingerprint density at radius 2 is 1.85 bits per heavy atom. The lowest BCUT2D eigenvalue weighted by molar-refractivity contribution is -0.154. The van der Waals surface area contributed by atoms with Crippen molar-refractivity contribution in [2.75, 3.05) is 6.54 Å². The van der Waals surface area contributed by atoms with Crippen LogP contribution < -0.4 is 5.32 Å². The smallest absolute Gasteiger partial charge is 0.326 e. The van der Waals surface area contributed by atoms with Crippen molar-refractivity contribution in [3.05, 3.63) is 0 Å². The molecule has 1 aliphatic carbocycles. The van der Waals surface area contributed by atoms with Crippen molar-refractivity contribution in [2.24, 2.45) is 11.8 Å². The molecule has 1 saturated carbocycles. The lowest BCUT2D eigenvalue weighted by atomic mass is 9.94. The fraction of sp³-hybridized carbons (Fsp3) is 0.786. The fourth-order valence-electron chi connectivity index (χ4n) is 3.36. The molecule has 0 spiro atoms. The zero-order valence-corrected chi connectivity index (χ0v) is 12.2. The number of carbonyl (C=O) groups excluding carboxylic acids is 2. The molecule has 2 aliphatic rings. The summed E-state index contributed by atoms with van der Waals surface area (Å²) in [6.45, 7) is 5.74. The van der Waals surface area contributed by atoms with Gasteiger partial charge in [-0.15, -0.1) is 0 Å². The molecule has 0 aromatic carbocycles. The van der Waals surface area contributed by atoms with Gasteiger partial charge in [0, 0.05) is 12.1 Å². The van der Waals surface area contributed by atoms with Crippen molar-refractivity contribution < 1.29 is 19.5 Å². The summed E-state index contributed by atoms with van der Waals surface area (Å²) in [4.78, 5) is 36.8. The number of carbonyl (C=O) groups is 3. The zero-order chi connectivity index (χ0) is 15.1. The molecule has 2 unspecified atom stereocenters. The van der Waals surface area contributed by atoms with Gasteiger partial charge in [0.2, 0.25) is 0 Å². The Bertz CT molecular complexity index is 441. The number of carboxylic acids is 1. The number of fused-ring (bicyclic) bond motifs is 1. The van der Waals surface area contributed by atoms with Crippen LogP contribution in [0.2, 0.25) is 0 Å². The molecule has 112 valence electrons. The van der Waals surface area contributed by atoms with E-state index in [0.29, 0.717) is 6.54 Å². The van der Waals surface area contributed by atoms with E-state index < -0.39 is 29.4 Å². The topological polar surface area (TPSA) is 86.7 Å². The minimum atomic E-state index is -1.00. The van der Waals surface area contributed by atoms with Gasteiger partial charge in [0.05, 0.1) is 0 Å². The fourth-order valence-corrected chi connectivity index (χ4v) is 3.36. The Morgan fingerprint density at radius 1 is 1.20 bits per heavy atom. The number of nitrogens with zero attached hydrogens (tertiary/aromatic N) is 1. The summed E-state index contributed by atoms with van der Waals surface area (Å²) in [7, 11) is 0. The monoisotopic (exact) mass is 282 g/mol. The van der Waals surface area contributed by atoms with Gasteiger partial charge in [0.25, 0.3) is 0 Å². The second-order valence-electron chi connectivity index (χ2n) is 6.80. The van der Waals surface area contributed by atoms with E-state index in [-0.39, 0.29) is 11.8 Å². The molecular weight excluding hydrogens is 260 g/mol. The zero-order valence-electron chi connectivity index (χ0n) is 12.2. The highest BCUT2D eigenvalue weighted by atomic mass is 16.4. The molecule has 2 rings (SSSR count). The maximum absolute atomic E-state index is 12.2. The summed E-state index contributed by atoms with van der Waals surface area (Å²) < 4.78 is 0. The normalized spacial score (nSPS) is 29.1. The van der Waals surface area contributed by atoms with E-state index in [4.69, 9.17) is 0 Å². The Morgan fingerprint density at radius 3 is 2.40 bits per heavy atom. The summed E-state index contributed by atoms with van der Waals surface area (Å²) in [5, 5.41) is 12.0. The molecule has 2 N–H and O–H groups in total. The van der Waals surface area contributed by atoms with E-state index in [0.717, 1.165) is 19.3 Å². The van der Waals surface area contributed by atoms with Crippen LogP contribution in [0.15, 0.2) is 0 Å². The second-order valence-corrected chi connectivity index (χ2v) is 6.80. The van der Waals surface area contributed by atoms with Gasteiger partial charge in [-0.25, -0.2) is 4.79 Å². The molecule has 2 amide bonds. The number of rotatable bonds is 1. The molecule has 0 aromatic rings. The lowest BCUT2D eigenvalue weighted by Crippen LogP contribution is -2.52. The van der Waals surface area contributed by atoms with Crippen molar-refractivity contribution in [3.63, 3.8) is 0 Å². The number of amides is 2. The third kappa shape index (κ3) is 2.78. The largest absolute Gasteiger partial charge is 0.480 e. The van der Waals surface area contributed by atoms with Crippen LogP contribution in [0.4, 0.5) is 0 Å². The number of aliphatic carboxylic acids is 1. The first kappa shape index (κ1) is 14.8. The molecule has 3 atom stereocenters. The number of nitrogens with one attached hydrogen (secondary N) is 1. The summed E-state index contributed by atoms with van der Waals surface area (Å²) >= 11 is 0. The van der Waals surface area contributed by atoms with Crippen molar-refractivity contribution >= 4 is 17.8 Å². The van der Waals surface area contributed by atoms with E-state index in [9.17, 15) is 19.5 Å². The molecule has 1 saturated heterocycles. The first-order valence-electron chi connectivity index (χ1n) is 7.06. The van der Waals surface area contributed by atoms with Gasteiger partial charge in [-0.05, 0) is 45.4 Å². The molecule has 0 aromatic heterocycles. The van der Waals surface area contributed by atoms with Gasteiger partial charge < -0.3 is 15.3 Å². The summed E-state index contributed by atoms with van der Waals surface area (Å²) in [5.41, 5.74) is -0.513. The highest BCUT2D eigenvalue weighted by Gasteiger charge is 2.50. The first-order chi connectivity index (χ1) is 9.20. The van der Waals surface area contributed by atoms with Crippen LogP contribution in [0.25, 0.3) is 0 Å². The van der Waals surface area contributed by atoms with Crippen molar-refractivity contribution in [1.82, 2.24) is 10.2 Å². The van der Waals surface area contributed by atoms with Crippen LogP contribution in [-0.2, 0) is 14.4 Å². The predicted molar refractivity (Wildman–Crippen MR) is 71.9 cm³/mol. The van der Waals surface area contributed by atoms with Crippen molar-refractivity contribution in [3.8, 4) is 0 Å². The van der Waals surface area contributed by atoms with E-state index in [2.05, 4.69) is 5.32 Å². The second kappa shape index (κ2) is 5.07. The van der Waals surface area contributed by atoms with Crippen LogP contribution in [0, 0.1) is 11.8 Å². The standard InChI is InChI=1S/C14H22N2O4/c1-14(2,3)15-11(17)12(18)16-7-8-5-4-6-9(8)10(16)13(19)20/h8-10H,4-7H2,1-3H3,(H,15,17)(H,19,20)/t8?,9?,10-/m0/s1. The average Bonchev–Trinajstić information content (AvgIpc) is 2.83. The summed E-state index contributed by atoms with van der Waals surface area (Å²) in [6.07, 6.45) is 2.78. The van der Waals surface area contributed by atoms with Crippen LogP contribution in [0.5, 0.6) is 0 Å². The molecule has 20 heavy (non-hydrogen) atoms. The number of hydrogen-bond donors (Lipinski definition) is 2. The average molecular weight is 282 g/mol. The first-order valence-corrected chi connectivity index (χ1v) is 7.06. The molecule has 6 heteroatoms. The van der Waals surface area contributed by atoms with Crippen molar-refractivity contribution in [1.29, 1.82) is 0 Å². The van der Waals surface area contributed by atoms with E-state index >= 15 is 0 Å². The molecule has 0 radical (unpaired) electrons. The van der Waals surface area contributed by atoms with E-state index in [1.165, 1.54) is 4.90 Å². The van der Waals surface area contributed by atoms with Crippen molar-refractivity contribution in [2.45, 2.75) is 51.6 Å².